The summed E-state index contributed by atoms with van der Waals surface area (Å²) in [6.45, 7) is 0. The van der Waals surface area contributed by atoms with Gasteiger partial charge in [-0.05, 0) is 12.1 Å². The van der Waals surface area contributed by atoms with Crippen LogP contribution in [0, 0.1) is 0 Å². The molecule has 1 heterocycles. The molecule has 0 saturated heterocycles. The lowest BCUT2D eigenvalue weighted by atomic mass is 10.2. The predicted molar refractivity (Wildman–Crippen MR) is 65.9 cm³/mol. The molecule has 0 fully saturated rings. The monoisotopic (exact) mass is 212 g/mol. The first-order valence-electron chi connectivity index (χ1n) is 5.14. The Kier molecular flexibility index (Phi) is 1.77. The lowest BCUT2D eigenvalue weighted by Crippen LogP contribution is -1.95. The van der Waals surface area contributed by atoms with Gasteiger partial charge in [-0.25, -0.2) is 4.98 Å². The zero-order valence-corrected chi connectivity index (χ0v) is 8.64. The second-order valence-electron chi connectivity index (χ2n) is 3.88. The van der Waals surface area contributed by atoms with Crippen molar-refractivity contribution >= 4 is 22.4 Å². The van der Waals surface area contributed by atoms with Crippen molar-refractivity contribution in [2.24, 2.45) is 0 Å². The van der Waals surface area contributed by atoms with Gasteiger partial charge in [0.15, 0.2) is 0 Å². The number of anilines is 2. The van der Waals surface area contributed by atoms with Crippen LogP contribution in [0.25, 0.3) is 11.0 Å². The van der Waals surface area contributed by atoms with E-state index in [0.717, 1.165) is 16.9 Å². The Bertz CT molecular complexity index is 595. The minimum Gasteiger partial charge on any atom is -0.397 e. The average molecular weight is 212 g/mol. The number of nitrogens with zero attached hydrogens (tertiary/aromatic N) is 1. The van der Waals surface area contributed by atoms with Crippen LogP contribution in [0.15, 0.2) is 36.4 Å². The number of aromatic amines is 1. The molecule has 1 aliphatic rings. The number of imidazole rings is 1. The molecule has 4 heteroatoms. The van der Waals surface area contributed by atoms with Gasteiger partial charge in [0.2, 0.25) is 0 Å². The molecule has 5 N–H and O–H groups in total. The molecule has 0 saturated carbocycles. The number of nitrogen functional groups attached to an aromatic ring is 2. The molecule has 0 amide bonds. The van der Waals surface area contributed by atoms with Crippen LogP contribution in [0.3, 0.4) is 0 Å². The Morgan fingerprint density at radius 3 is 2.62 bits per heavy atom. The topological polar surface area (TPSA) is 80.7 Å². The summed E-state index contributed by atoms with van der Waals surface area (Å²) in [6.07, 6.45) is 8.18. The second-order valence-corrected chi connectivity index (χ2v) is 3.88. The number of rotatable bonds is 1. The SMILES string of the molecule is Nc1ccc2[nH]c(C3C=CC=C3)nc2c1N. The first-order chi connectivity index (χ1) is 7.75. The van der Waals surface area contributed by atoms with Crippen LogP contribution < -0.4 is 11.5 Å². The number of nitrogens with two attached hydrogens (primary N) is 2. The first kappa shape index (κ1) is 9.03. The summed E-state index contributed by atoms with van der Waals surface area (Å²) in [7, 11) is 0. The molecular weight excluding hydrogens is 200 g/mol. The van der Waals surface area contributed by atoms with Gasteiger partial charge in [-0.2, -0.15) is 0 Å². The molecule has 0 atom stereocenters. The average Bonchev–Trinajstić information content (AvgIpc) is 2.91. The van der Waals surface area contributed by atoms with Gasteiger partial charge >= 0.3 is 0 Å². The molecule has 0 bridgehead atoms. The summed E-state index contributed by atoms with van der Waals surface area (Å²) in [5, 5.41) is 0. The largest absolute Gasteiger partial charge is 0.397 e. The molecule has 0 radical (unpaired) electrons. The number of hydrogen-bond acceptors (Lipinski definition) is 3. The highest BCUT2D eigenvalue weighted by molar-refractivity contribution is 5.93. The third-order valence-electron chi connectivity index (χ3n) is 2.81. The Morgan fingerprint density at radius 2 is 1.88 bits per heavy atom. The van der Waals surface area contributed by atoms with Crippen LogP contribution in [0.5, 0.6) is 0 Å². The lowest BCUT2D eigenvalue weighted by molar-refractivity contribution is 0.971. The maximum atomic E-state index is 5.89. The van der Waals surface area contributed by atoms with Crippen molar-refractivity contribution in [1.29, 1.82) is 0 Å². The van der Waals surface area contributed by atoms with Crippen LogP contribution >= 0.6 is 0 Å². The van der Waals surface area contributed by atoms with Gasteiger partial charge in [-0.3, -0.25) is 0 Å². The van der Waals surface area contributed by atoms with Crippen molar-refractivity contribution in [3.63, 3.8) is 0 Å². The third-order valence-corrected chi connectivity index (χ3v) is 2.81. The molecule has 1 aliphatic carbocycles. The van der Waals surface area contributed by atoms with E-state index in [1.807, 2.05) is 18.2 Å². The van der Waals surface area contributed by atoms with E-state index in [1.54, 1.807) is 6.07 Å². The van der Waals surface area contributed by atoms with E-state index in [9.17, 15) is 0 Å². The summed E-state index contributed by atoms with van der Waals surface area (Å²) in [5.41, 5.74) is 14.4. The highest BCUT2D eigenvalue weighted by atomic mass is 14.9. The smallest absolute Gasteiger partial charge is 0.118 e. The Labute approximate surface area is 92.7 Å². The number of allylic oxidation sites excluding steroid dienone is 4. The van der Waals surface area contributed by atoms with E-state index in [1.165, 1.54) is 0 Å². The number of H-pyrrole nitrogens is 1. The summed E-state index contributed by atoms with van der Waals surface area (Å²) < 4.78 is 0. The van der Waals surface area contributed by atoms with Gasteiger partial charge < -0.3 is 16.5 Å². The van der Waals surface area contributed by atoms with Gasteiger partial charge in [0.25, 0.3) is 0 Å². The van der Waals surface area contributed by atoms with Gasteiger partial charge in [-0.15, -0.1) is 0 Å². The Hall–Kier alpha value is -2.23. The van der Waals surface area contributed by atoms with E-state index >= 15 is 0 Å². The molecule has 0 unspecified atom stereocenters. The second kappa shape index (κ2) is 3.13. The van der Waals surface area contributed by atoms with Crippen molar-refractivity contribution < 1.29 is 0 Å². The van der Waals surface area contributed by atoms with Crippen LogP contribution in [0.2, 0.25) is 0 Å². The van der Waals surface area contributed by atoms with E-state index in [2.05, 4.69) is 22.1 Å². The molecular formula is C12H12N4. The standard InChI is InChI=1S/C12H12N4/c13-8-5-6-9-11(10(8)14)16-12(15-9)7-3-1-2-4-7/h1-7H,13-14H2,(H,15,16). The van der Waals surface area contributed by atoms with Crippen LogP contribution in [0.4, 0.5) is 11.4 Å². The quantitative estimate of drug-likeness (QED) is 0.632. The fourth-order valence-corrected chi connectivity index (χ4v) is 1.90. The summed E-state index contributed by atoms with van der Waals surface area (Å²) >= 11 is 0. The molecule has 16 heavy (non-hydrogen) atoms. The lowest BCUT2D eigenvalue weighted by Gasteiger charge is -1.98. The number of fused-ring (bicyclic) bond motifs is 1. The maximum absolute atomic E-state index is 5.89. The highest BCUT2D eigenvalue weighted by Gasteiger charge is 2.13. The van der Waals surface area contributed by atoms with Gasteiger partial charge in [0.1, 0.15) is 11.3 Å². The highest BCUT2D eigenvalue weighted by Crippen LogP contribution is 2.28. The van der Waals surface area contributed by atoms with Gasteiger partial charge in [0, 0.05) is 0 Å². The first-order valence-corrected chi connectivity index (χ1v) is 5.14. The normalized spacial score (nSPS) is 15.2. The minimum absolute atomic E-state index is 0.216. The van der Waals surface area contributed by atoms with E-state index < -0.39 is 0 Å². The van der Waals surface area contributed by atoms with E-state index in [0.29, 0.717) is 11.4 Å². The van der Waals surface area contributed by atoms with E-state index in [4.69, 9.17) is 11.5 Å². The minimum atomic E-state index is 0.216. The zero-order valence-electron chi connectivity index (χ0n) is 8.64. The Balaban J connectivity index is 2.19. The maximum Gasteiger partial charge on any atom is 0.118 e. The molecule has 4 nitrogen and oxygen atoms in total. The van der Waals surface area contributed by atoms with Crippen molar-refractivity contribution in [2.75, 3.05) is 11.5 Å². The molecule has 1 aromatic carbocycles. The summed E-state index contributed by atoms with van der Waals surface area (Å²) in [4.78, 5) is 7.75. The van der Waals surface area contributed by atoms with Gasteiger partial charge in [0.05, 0.1) is 22.8 Å². The number of benzene rings is 1. The third kappa shape index (κ3) is 1.20. The van der Waals surface area contributed by atoms with Crippen LogP contribution in [-0.2, 0) is 0 Å². The Morgan fingerprint density at radius 1 is 1.12 bits per heavy atom. The van der Waals surface area contributed by atoms with Crippen molar-refractivity contribution in [2.45, 2.75) is 5.92 Å². The fraction of sp³-hybridized carbons (Fsp3) is 0.0833. The van der Waals surface area contributed by atoms with Crippen molar-refractivity contribution in [3.8, 4) is 0 Å². The van der Waals surface area contributed by atoms with E-state index in [-0.39, 0.29) is 5.92 Å². The van der Waals surface area contributed by atoms with Crippen LogP contribution in [0.1, 0.15) is 11.7 Å². The molecule has 2 aromatic rings. The van der Waals surface area contributed by atoms with Crippen LogP contribution in [-0.4, -0.2) is 9.97 Å². The number of aromatic nitrogens is 2. The molecule has 80 valence electrons. The number of hydrogen-bond donors (Lipinski definition) is 3. The summed E-state index contributed by atoms with van der Waals surface area (Å²) in [6, 6.07) is 3.69. The van der Waals surface area contributed by atoms with Crippen molar-refractivity contribution in [1.82, 2.24) is 9.97 Å². The molecule has 0 aliphatic heterocycles. The number of nitrogens with one attached hydrogen (secondary N) is 1. The zero-order chi connectivity index (χ0) is 11.1. The van der Waals surface area contributed by atoms with Gasteiger partial charge in [-0.1, -0.05) is 24.3 Å². The molecule has 0 spiro atoms. The molecule has 3 rings (SSSR count). The van der Waals surface area contributed by atoms with Crippen molar-refractivity contribution in [3.05, 3.63) is 42.3 Å². The fourth-order valence-electron chi connectivity index (χ4n) is 1.90. The summed E-state index contributed by atoms with van der Waals surface area (Å²) in [5.74, 6) is 1.12. The molecule has 1 aromatic heterocycles. The predicted octanol–water partition coefficient (Wildman–Crippen LogP) is 1.94.